The lowest BCUT2D eigenvalue weighted by Crippen LogP contribution is -2.49. The van der Waals surface area contributed by atoms with Crippen LogP contribution in [0.3, 0.4) is 0 Å². The molecule has 1 aromatic heterocycles. The fourth-order valence-electron chi connectivity index (χ4n) is 3.99. The number of imide groups is 1. The SMILES string of the molecule is Cc1cc(/C=C(\C#N)C(=O)OCC(=O)NN2C(=O)N[C@@](C)(c3ccccc3)C2=O)c(C)n1CC(C)C. The third-order valence-corrected chi connectivity index (χ3v) is 5.91. The molecule has 4 amide bonds. The van der Waals surface area contributed by atoms with Crippen LogP contribution in [0.1, 0.15) is 43.3 Å². The average Bonchev–Trinajstić information content (AvgIpc) is 3.23. The Kier molecular flexibility index (Phi) is 7.63. The van der Waals surface area contributed by atoms with E-state index in [1.807, 2.05) is 19.9 Å². The highest BCUT2D eigenvalue weighted by molar-refractivity contribution is 6.08. The molecule has 0 spiro atoms. The molecular weight excluding hydrogens is 462 g/mol. The third-order valence-electron chi connectivity index (χ3n) is 5.91. The molecule has 0 radical (unpaired) electrons. The first-order valence-corrected chi connectivity index (χ1v) is 11.4. The molecule has 2 aromatic rings. The first-order valence-electron chi connectivity index (χ1n) is 11.4. The van der Waals surface area contributed by atoms with Crippen LogP contribution in [-0.2, 0) is 31.2 Å². The van der Waals surface area contributed by atoms with Crippen LogP contribution in [0, 0.1) is 31.1 Å². The summed E-state index contributed by atoms with van der Waals surface area (Å²) >= 11 is 0. The summed E-state index contributed by atoms with van der Waals surface area (Å²) in [7, 11) is 0. The minimum absolute atomic E-state index is 0.278. The van der Waals surface area contributed by atoms with Gasteiger partial charge in [-0.3, -0.25) is 15.0 Å². The molecule has 0 bridgehead atoms. The van der Waals surface area contributed by atoms with Gasteiger partial charge >= 0.3 is 12.0 Å². The van der Waals surface area contributed by atoms with Gasteiger partial charge in [-0.15, -0.1) is 0 Å². The number of hydrogen-bond donors (Lipinski definition) is 2. The van der Waals surface area contributed by atoms with Crippen LogP contribution >= 0.6 is 0 Å². The zero-order chi connectivity index (χ0) is 26.6. The smallest absolute Gasteiger partial charge is 0.349 e. The van der Waals surface area contributed by atoms with Gasteiger partial charge in [0.15, 0.2) is 6.61 Å². The normalized spacial score (nSPS) is 17.7. The highest BCUT2D eigenvalue weighted by Crippen LogP contribution is 2.27. The van der Waals surface area contributed by atoms with Crippen molar-refractivity contribution in [3.8, 4) is 6.07 Å². The fourth-order valence-corrected chi connectivity index (χ4v) is 3.99. The molecule has 1 aromatic carbocycles. The number of rotatable bonds is 8. The quantitative estimate of drug-likeness (QED) is 0.252. The Balaban J connectivity index is 1.64. The van der Waals surface area contributed by atoms with E-state index in [4.69, 9.17) is 4.74 Å². The molecule has 10 nitrogen and oxygen atoms in total. The summed E-state index contributed by atoms with van der Waals surface area (Å²) < 4.78 is 7.07. The molecule has 0 saturated carbocycles. The van der Waals surface area contributed by atoms with Gasteiger partial charge in [0.1, 0.15) is 17.2 Å². The van der Waals surface area contributed by atoms with Crippen LogP contribution in [0.15, 0.2) is 42.0 Å². The van der Waals surface area contributed by atoms with Crippen LogP contribution in [0.4, 0.5) is 4.79 Å². The van der Waals surface area contributed by atoms with Crippen LogP contribution in [-0.4, -0.2) is 40.0 Å². The average molecular weight is 492 g/mol. The van der Waals surface area contributed by atoms with Gasteiger partial charge in [0.2, 0.25) is 0 Å². The molecule has 1 atom stereocenters. The molecule has 1 aliphatic rings. The van der Waals surface area contributed by atoms with Gasteiger partial charge in [-0.25, -0.2) is 9.59 Å². The molecule has 2 N–H and O–H groups in total. The Morgan fingerprint density at radius 3 is 2.50 bits per heavy atom. The number of amides is 4. The maximum absolute atomic E-state index is 12.9. The van der Waals surface area contributed by atoms with Gasteiger partial charge in [0.25, 0.3) is 11.8 Å². The van der Waals surface area contributed by atoms with Crippen LogP contribution in [0.5, 0.6) is 0 Å². The molecule has 10 heteroatoms. The second-order valence-electron chi connectivity index (χ2n) is 9.17. The van der Waals surface area contributed by atoms with Gasteiger partial charge in [-0.05, 0) is 50.0 Å². The van der Waals surface area contributed by atoms with E-state index in [2.05, 4.69) is 29.2 Å². The van der Waals surface area contributed by atoms with E-state index in [9.17, 15) is 24.4 Å². The van der Waals surface area contributed by atoms with Crippen molar-refractivity contribution in [1.29, 1.82) is 5.26 Å². The summed E-state index contributed by atoms with van der Waals surface area (Å²) in [6.07, 6.45) is 1.42. The van der Waals surface area contributed by atoms with Crippen LogP contribution < -0.4 is 10.7 Å². The summed E-state index contributed by atoms with van der Waals surface area (Å²) in [5, 5.41) is 12.6. The molecular formula is C26H29N5O5. The molecule has 36 heavy (non-hydrogen) atoms. The lowest BCUT2D eigenvalue weighted by Gasteiger charge is -2.22. The Bertz CT molecular complexity index is 1270. The van der Waals surface area contributed by atoms with Crippen molar-refractivity contribution < 1.29 is 23.9 Å². The maximum atomic E-state index is 12.9. The van der Waals surface area contributed by atoms with Crippen molar-refractivity contribution >= 4 is 29.9 Å². The largest absolute Gasteiger partial charge is 0.451 e. The summed E-state index contributed by atoms with van der Waals surface area (Å²) in [6.45, 7) is 9.57. The van der Waals surface area contributed by atoms with E-state index in [1.165, 1.54) is 13.0 Å². The Morgan fingerprint density at radius 2 is 1.89 bits per heavy atom. The van der Waals surface area contributed by atoms with Gasteiger partial charge < -0.3 is 14.6 Å². The number of esters is 1. The third kappa shape index (κ3) is 5.30. The number of nitrogens with one attached hydrogen (secondary N) is 2. The van der Waals surface area contributed by atoms with E-state index in [1.54, 1.807) is 36.4 Å². The lowest BCUT2D eigenvalue weighted by atomic mass is 9.92. The number of carbonyl (C=O) groups is 4. The Hall–Kier alpha value is -4.39. The number of benzene rings is 1. The van der Waals surface area contributed by atoms with Crippen LogP contribution in [0.25, 0.3) is 6.08 Å². The number of carbonyl (C=O) groups excluding carboxylic acids is 4. The molecule has 3 rings (SSSR count). The predicted molar refractivity (Wildman–Crippen MR) is 131 cm³/mol. The standard InChI is InChI=1S/C26H29N5O5/c1-16(2)14-30-17(3)11-19(18(30)4)12-20(13-27)23(33)36-15-22(32)29-31-24(34)26(5,28-25(31)35)21-9-7-6-8-10-21/h6-12,16H,14-15H2,1-5H3,(H,28,35)(H,29,32)/b20-12+/t26-/m0/s1. The second-order valence-corrected chi connectivity index (χ2v) is 9.17. The topological polar surface area (TPSA) is 134 Å². The predicted octanol–water partition coefficient (Wildman–Crippen LogP) is 2.71. The van der Waals surface area contributed by atoms with Crippen molar-refractivity contribution in [1.82, 2.24) is 20.3 Å². The second kappa shape index (κ2) is 10.5. The summed E-state index contributed by atoms with van der Waals surface area (Å²) in [6, 6.07) is 11.4. The highest BCUT2D eigenvalue weighted by Gasteiger charge is 2.50. The molecule has 188 valence electrons. The van der Waals surface area contributed by atoms with Gasteiger partial charge in [-0.1, -0.05) is 44.2 Å². The van der Waals surface area contributed by atoms with Crippen molar-refractivity contribution in [2.24, 2.45) is 5.92 Å². The van der Waals surface area contributed by atoms with E-state index >= 15 is 0 Å². The molecule has 1 fully saturated rings. The zero-order valence-corrected chi connectivity index (χ0v) is 20.9. The summed E-state index contributed by atoms with van der Waals surface area (Å²) in [5.74, 6) is -2.17. The van der Waals surface area contributed by atoms with E-state index in [0.717, 1.165) is 17.9 Å². The zero-order valence-electron chi connectivity index (χ0n) is 20.9. The fraction of sp³-hybridized carbons (Fsp3) is 0.346. The number of urea groups is 1. The summed E-state index contributed by atoms with van der Waals surface area (Å²) in [5.41, 5.74) is 3.66. The molecule has 1 aliphatic heterocycles. The maximum Gasteiger partial charge on any atom is 0.349 e. The van der Waals surface area contributed by atoms with Gasteiger partial charge in [0, 0.05) is 17.9 Å². The van der Waals surface area contributed by atoms with E-state index in [-0.39, 0.29) is 5.57 Å². The number of aromatic nitrogens is 1. The number of hydrogen-bond acceptors (Lipinski definition) is 6. The van der Waals surface area contributed by atoms with Crippen molar-refractivity contribution in [2.75, 3.05) is 6.61 Å². The minimum Gasteiger partial charge on any atom is -0.451 e. The summed E-state index contributed by atoms with van der Waals surface area (Å²) in [4.78, 5) is 50.0. The van der Waals surface area contributed by atoms with Crippen molar-refractivity contribution in [3.05, 3.63) is 64.5 Å². The number of hydrazine groups is 1. The van der Waals surface area contributed by atoms with E-state index in [0.29, 0.717) is 22.1 Å². The first kappa shape index (κ1) is 26.2. The number of aryl methyl sites for hydroxylation is 1. The monoisotopic (exact) mass is 491 g/mol. The molecule has 2 heterocycles. The van der Waals surface area contributed by atoms with Gasteiger partial charge in [-0.2, -0.15) is 10.3 Å². The molecule has 0 unspecified atom stereocenters. The van der Waals surface area contributed by atoms with Crippen molar-refractivity contribution in [3.63, 3.8) is 0 Å². The van der Waals surface area contributed by atoms with Crippen molar-refractivity contribution in [2.45, 2.75) is 46.7 Å². The van der Waals surface area contributed by atoms with E-state index < -0.39 is 36.0 Å². The minimum atomic E-state index is -1.36. The number of ether oxygens (including phenoxy) is 1. The Morgan fingerprint density at radius 1 is 1.22 bits per heavy atom. The first-order chi connectivity index (χ1) is 17.0. The Labute approximate surface area is 209 Å². The highest BCUT2D eigenvalue weighted by atomic mass is 16.5. The van der Waals surface area contributed by atoms with Crippen LogP contribution in [0.2, 0.25) is 0 Å². The van der Waals surface area contributed by atoms with Gasteiger partial charge in [0.05, 0.1) is 0 Å². The molecule has 1 saturated heterocycles. The lowest BCUT2D eigenvalue weighted by molar-refractivity contribution is -0.147. The number of nitrogens with zero attached hydrogens (tertiary/aromatic N) is 3. The number of nitriles is 1. The molecule has 0 aliphatic carbocycles.